The molecule has 0 rings (SSSR count). The third kappa shape index (κ3) is 5.35. The Morgan fingerprint density at radius 2 is 1.79 bits per heavy atom. The van der Waals surface area contributed by atoms with Crippen LogP contribution >= 0.6 is 0 Å². The normalized spacial score (nSPS) is 16.0. The van der Waals surface area contributed by atoms with Crippen molar-refractivity contribution in [2.45, 2.75) is 33.3 Å². The fourth-order valence-electron chi connectivity index (χ4n) is 1.59. The molecule has 3 nitrogen and oxygen atoms in total. The van der Waals surface area contributed by atoms with E-state index in [0.717, 1.165) is 0 Å². The van der Waals surface area contributed by atoms with Crippen LogP contribution in [0.5, 0.6) is 0 Å². The molecule has 84 valence electrons. The largest absolute Gasteiger partial charge is 0.392 e. The predicted molar refractivity (Wildman–Crippen MR) is 58.2 cm³/mol. The predicted octanol–water partition coefficient (Wildman–Crippen LogP) is 1.16. The van der Waals surface area contributed by atoms with Gasteiger partial charge < -0.3 is 10.0 Å². The van der Waals surface area contributed by atoms with E-state index in [9.17, 15) is 9.90 Å². The molecular formula is C11H23NO2. The fourth-order valence-corrected chi connectivity index (χ4v) is 1.59. The molecule has 3 heteroatoms. The number of hydrogen-bond donors (Lipinski definition) is 1. The van der Waals surface area contributed by atoms with Gasteiger partial charge in [0.1, 0.15) is 5.78 Å². The van der Waals surface area contributed by atoms with Crippen molar-refractivity contribution in [1.29, 1.82) is 0 Å². The van der Waals surface area contributed by atoms with Gasteiger partial charge in [0, 0.05) is 18.4 Å². The van der Waals surface area contributed by atoms with Crippen LogP contribution < -0.4 is 0 Å². The van der Waals surface area contributed by atoms with Gasteiger partial charge in [0.25, 0.3) is 0 Å². The lowest BCUT2D eigenvalue weighted by molar-refractivity contribution is -0.126. The fraction of sp³-hybridized carbons (Fsp3) is 0.909. The summed E-state index contributed by atoms with van der Waals surface area (Å²) in [6.45, 7) is 6.31. The van der Waals surface area contributed by atoms with Crippen LogP contribution in [0.1, 0.15) is 27.2 Å². The number of carbonyl (C=O) groups excluding carboxylic acids is 1. The Morgan fingerprint density at radius 3 is 2.14 bits per heavy atom. The number of carbonyl (C=O) groups is 1. The molecule has 0 aromatic carbocycles. The molecule has 0 aliphatic heterocycles. The first kappa shape index (κ1) is 13.6. The van der Waals surface area contributed by atoms with Gasteiger partial charge >= 0.3 is 0 Å². The summed E-state index contributed by atoms with van der Waals surface area (Å²) in [5.41, 5.74) is 0. The summed E-state index contributed by atoms with van der Waals surface area (Å²) in [5, 5.41) is 9.63. The maximum Gasteiger partial charge on any atom is 0.138 e. The number of rotatable bonds is 6. The number of aliphatic hydroxyl groups is 1. The molecule has 0 saturated heterocycles. The molecule has 0 radical (unpaired) electrons. The van der Waals surface area contributed by atoms with E-state index in [1.54, 1.807) is 0 Å². The van der Waals surface area contributed by atoms with E-state index < -0.39 is 6.10 Å². The van der Waals surface area contributed by atoms with E-state index in [-0.39, 0.29) is 17.6 Å². The monoisotopic (exact) mass is 201 g/mol. The Balaban J connectivity index is 3.93. The molecule has 0 aliphatic carbocycles. The Hall–Kier alpha value is -0.410. The first-order valence-corrected chi connectivity index (χ1v) is 5.21. The molecule has 0 unspecified atom stereocenters. The Kier molecular flexibility index (Phi) is 5.96. The Labute approximate surface area is 87.1 Å². The zero-order valence-electron chi connectivity index (χ0n) is 9.95. The molecular weight excluding hydrogens is 178 g/mol. The third-order valence-corrected chi connectivity index (χ3v) is 2.26. The van der Waals surface area contributed by atoms with Crippen molar-refractivity contribution < 1.29 is 9.90 Å². The summed E-state index contributed by atoms with van der Waals surface area (Å²) >= 11 is 0. The van der Waals surface area contributed by atoms with E-state index >= 15 is 0 Å². The Bertz CT molecular complexity index is 178. The molecule has 0 aromatic rings. The molecule has 0 bridgehead atoms. The molecule has 0 aliphatic rings. The van der Waals surface area contributed by atoms with Gasteiger partial charge in [-0.1, -0.05) is 20.8 Å². The third-order valence-electron chi connectivity index (χ3n) is 2.26. The standard InChI is InChI=1S/C11H23NO2/c1-8(2)11(14)9(3)6-10(13)7-12(4)5/h8-10,13H,6-7H2,1-5H3/t9-,10+/m1/s1. The maximum absolute atomic E-state index is 11.5. The van der Waals surface area contributed by atoms with Crippen LogP contribution in [-0.4, -0.2) is 42.5 Å². The van der Waals surface area contributed by atoms with Crippen molar-refractivity contribution in [2.24, 2.45) is 11.8 Å². The minimum absolute atomic E-state index is 0.0371. The maximum atomic E-state index is 11.5. The molecule has 0 amide bonds. The average Bonchev–Trinajstić information content (AvgIpc) is 2.00. The van der Waals surface area contributed by atoms with Crippen molar-refractivity contribution in [2.75, 3.05) is 20.6 Å². The number of aliphatic hydroxyl groups excluding tert-OH is 1. The van der Waals surface area contributed by atoms with E-state index in [1.165, 1.54) is 0 Å². The molecule has 0 fully saturated rings. The van der Waals surface area contributed by atoms with Gasteiger partial charge in [0.15, 0.2) is 0 Å². The molecule has 1 N–H and O–H groups in total. The van der Waals surface area contributed by atoms with Crippen molar-refractivity contribution in [1.82, 2.24) is 4.90 Å². The first-order valence-electron chi connectivity index (χ1n) is 5.21. The molecule has 0 spiro atoms. The van der Waals surface area contributed by atoms with Gasteiger partial charge in [-0.05, 0) is 20.5 Å². The quantitative estimate of drug-likeness (QED) is 0.701. The highest BCUT2D eigenvalue weighted by molar-refractivity contribution is 5.82. The molecule has 0 saturated carbocycles. The van der Waals surface area contributed by atoms with Gasteiger partial charge in [0.05, 0.1) is 6.10 Å². The summed E-state index contributed by atoms with van der Waals surface area (Å²) in [6.07, 6.45) is 0.164. The number of Topliss-reactive ketones (excluding diaryl/α,β-unsaturated/α-hetero) is 1. The summed E-state index contributed by atoms with van der Waals surface area (Å²) < 4.78 is 0. The van der Waals surface area contributed by atoms with Crippen LogP contribution in [0.4, 0.5) is 0 Å². The van der Waals surface area contributed by atoms with E-state index in [0.29, 0.717) is 13.0 Å². The van der Waals surface area contributed by atoms with Gasteiger partial charge in [-0.25, -0.2) is 0 Å². The minimum atomic E-state index is -0.400. The van der Waals surface area contributed by atoms with Crippen LogP contribution in [-0.2, 0) is 4.79 Å². The highest BCUT2D eigenvalue weighted by atomic mass is 16.3. The van der Waals surface area contributed by atoms with E-state index in [1.807, 2.05) is 39.8 Å². The first-order chi connectivity index (χ1) is 6.34. The summed E-state index contributed by atoms with van der Waals surface area (Å²) in [4.78, 5) is 13.5. The van der Waals surface area contributed by atoms with Gasteiger partial charge in [-0.2, -0.15) is 0 Å². The number of nitrogens with zero attached hydrogens (tertiary/aromatic N) is 1. The van der Waals surface area contributed by atoms with Crippen LogP contribution in [0, 0.1) is 11.8 Å². The van der Waals surface area contributed by atoms with Crippen LogP contribution in [0.2, 0.25) is 0 Å². The van der Waals surface area contributed by atoms with Crippen molar-refractivity contribution in [3.63, 3.8) is 0 Å². The molecule has 0 aromatic heterocycles. The second kappa shape index (κ2) is 6.14. The summed E-state index contributed by atoms with van der Waals surface area (Å²) in [7, 11) is 3.83. The topological polar surface area (TPSA) is 40.5 Å². The van der Waals surface area contributed by atoms with Crippen molar-refractivity contribution in [3.05, 3.63) is 0 Å². The van der Waals surface area contributed by atoms with Gasteiger partial charge in [-0.3, -0.25) is 4.79 Å². The second-order valence-corrected chi connectivity index (χ2v) is 4.61. The highest BCUT2D eigenvalue weighted by Crippen LogP contribution is 2.13. The Morgan fingerprint density at radius 1 is 1.29 bits per heavy atom. The van der Waals surface area contributed by atoms with Crippen LogP contribution in [0.25, 0.3) is 0 Å². The molecule has 14 heavy (non-hydrogen) atoms. The van der Waals surface area contributed by atoms with Crippen LogP contribution in [0.3, 0.4) is 0 Å². The van der Waals surface area contributed by atoms with Crippen molar-refractivity contribution >= 4 is 5.78 Å². The summed E-state index contributed by atoms with van der Waals surface area (Å²) in [6, 6.07) is 0. The molecule has 2 atom stereocenters. The van der Waals surface area contributed by atoms with E-state index in [2.05, 4.69) is 0 Å². The highest BCUT2D eigenvalue weighted by Gasteiger charge is 2.19. The number of likely N-dealkylation sites (N-methyl/N-ethyl adjacent to an activating group) is 1. The lowest BCUT2D eigenvalue weighted by atomic mass is 9.92. The molecule has 0 heterocycles. The lowest BCUT2D eigenvalue weighted by Gasteiger charge is -2.19. The van der Waals surface area contributed by atoms with Crippen molar-refractivity contribution in [3.8, 4) is 0 Å². The van der Waals surface area contributed by atoms with Gasteiger partial charge in [0.2, 0.25) is 0 Å². The zero-order valence-corrected chi connectivity index (χ0v) is 9.95. The SMILES string of the molecule is CC(C)C(=O)[C@H](C)C[C@H](O)CN(C)C. The lowest BCUT2D eigenvalue weighted by Crippen LogP contribution is -2.30. The zero-order chi connectivity index (χ0) is 11.3. The van der Waals surface area contributed by atoms with Crippen LogP contribution in [0.15, 0.2) is 0 Å². The van der Waals surface area contributed by atoms with E-state index in [4.69, 9.17) is 0 Å². The number of ketones is 1. The van der Waals surface area contributed by atoms with Gasteiger partial charge in [-0.15, -0.1) is 0 Å². The average molecular weight is 201 g/mol. The summed E-state index contributed by atoms with van der Waals surface area (Å²) in [5.74, 6) is 0.268. The number of hydrogen-bond acceptors (Lipinski definition) is 3. The second-order valence-electron chi connectivity index (χ2n) is 4.61. The minimum Gasteiger partial charge on any atom is -0.392 e. The smallest absolute Gasteiger partial charge is 0.138 e.